The molecule has 1 aliphatic carbocycles. The van der Waals surface area contributed by atoms with Gasteiger partial charge in [-0.05, 0) is 55.4 Å². The molecule has 3 aliphatic heterocycles. The third-order valence-corrected chi connectivity index (χ3v) is 13.5. The van der Waals surface area contributed by atoms with Crippen molar-refractivity contribution in [1.82, 2.24) is 36.1 Å². The number of aliphatic hydroxyl groups is 1. The van der Waals surface area contributed by atoms with E-state index in [0.717, 1.165) is 21.0 Å². The van der Waals surface area contributed by atoms with Gasteiger partial charge in [0.05, 0.1) is 66.3 Å². The van der Waals surface area contributed by atoms with Crippen molar-refractivity contribution in [3.05, 3.63) is 64.3 Å². The number of likely N-dealkylation sites (tertiary alicyclic amines) is 1. The molecule has 4 heterocycles. The zero-order valence-corrected chi connectivity index (χ0v) is 41.5. The van der Waals surface area contributed by atoms with Crippen LogP contribution in [0.1, 0.15) is 84.8 Å². The standard InChI is InChI=1S/C49H61FN8O13S/c1-28-40(72-27-54-28)29-8-9-30(24-53-42(62)35-23-31(59)25-57(35)46(66)41(48(2,3)4)56-47(67)49(50)12-13-49)36(22-29)71-21-20-69-17-16-68-18-19-70-26-38(61)52-15-14-51-33-7-5-6-32-39(33)45(65)58(44(32)64)34-10-11-37(60)55-43(34)63/h5-9,22,27,31,34-35,41,51,59H,10-21,23-26H2,1-4H3,(H,52,61)(H,53,62)(H,56,67)(H,55,60,63). The molecule has 21 nitrogen and oxygen atoms in total. The average molecular weight is 1020 g/mol. The molecule has 8 amide bonds. The highest BCUT2D eigenvalue weighted by Gasteiger charge is 2.53. The lowest BCUT2D eigenvalue weighted by Gasteiger charge is -2.35. The molecule has 7 rings (SSSR count). The Morgan fingerprint density at radius 1 is 0.958 bits per heavy atom. The summed E-state index contributed by atoms with van der Waals surface area (Å²) in [5.74, 6) is -4.22. The summed E-state index contributed by atoms with van der Waals surface area (Å²) in [6.07, 6.45) is -0.753. The number of halogens is 1. The summed E-state index contributed by atoms with van der Waals surface area (Å²) in [5.41, 5.74) is 1.93. The van der Waals surface area contributed by atoms with Crippen molar-refractivity contribution in [2.75, 3.05) is 71.2 Å². The lowest BCUT2D eigenvalue weighted by atomic mass is 9.85. The largest absolute Gasteiger partial charge is 0.491 e. The second kappa shape index (κ2) is 23.4. The first-order valence-electron chi connectivity index (χ1n) is 23.9. The lowest BCUT2D eigenvalue weighted by molar-refractivity contribution is -0.145. The summed E-state index contributed by atoms with van der Waals surface area (Å²) in [6, 6.07) is 7.08. The number of β-amino-alcohol motifs (C(OH)–C–C–N with tert-alkyl or cyclic N) is 1. The third kappa shape index (κ3) is 13.0. The van der Waals surface area contributed by atoms with Gasteiger partial charge in [-0.1, -0.05) is 39.0 Å². The maximum atomic E-state index is 14.6. The minimum atomic E-state index is -2.00. The first kappa shape index (κ1) is 53.4. The molecule has 1 saturated carbocycles. The van der Waals surface area contributed by atoms with E-state index in [1.807, 2.05) is 25.1 Å². The fourth-order valence-corrected chi connectivity index (χ4v) is 9.30. The van der Waals surface area contributed by atoms with E-state index >= 15 is 0 Å². The van der Waals surface area contributed by atoms with Gasteiger partial charge in [0, 0.05) is 50.3 Å². The highest BCUT2D eigenvalue weighted by atomic mass is 32.1. The maximum absolute atomic E-state index is 14.6. The van der Waals surface area contributed by atoms with Gasteiger partial charge in [0.15, 0.2) is 5.67 Å². The van der Waals surface area contributed by atoms with Crippen molar-refractivity contribution in [2.24, 2.45) is 5.41 Å². The van der Waals surface area contributed by atoms with Gasteiger partial charge in [0.25, 0.3) is 17.7 Å². The number of aliphatic hydroxyl groups excluding tert-OH is 1. The Kier molecular flexibility index (Phi) is 17.4. The van der Waals surface area contributed by atoms with Gasteiger partial charge >= 0.3 is 0 Å². The number of benzene rings is 2. The van der Waals surface area contributed by atoms with Crippen LogP contribution in [0.3, 0.4) is 0 Å². The molecule has 4 atom stereocenters. The minimum Gasteiger partial charge on any atom is -0.491 e. The lowest BCUT2D eigenvalue weighted by Crippen LogP contribution is -2.59. The van der Waals surface area contributed by atoms with Crippen LogP contribution in [-0.4, -0.2) is 163 Å². The number of nitrogens with one attached hydrogen (secondary N) is 5. The van der Waals surface area contributed by atoms with Crippen LogP contribution >= 0.6 is 11.3 Å². The molecule has 388 valence electrons. The number of rotatable bonds is 24. The maximum Gasteiger partial charge on any atom is 0.264 e. The van der Waals surface area contributed by atoms with E-state index in [4.69, 9.17) is 18.9 Å². The second-order valence-corrected chi connectivity index (χ2v) is 19.9. The summed E-state index contributed by atoms with van der Waals surface area (Å²) in [6.45, 7) is 8.42. The van der Waals surface area contributed by atoms with Crippen LogP contribution < -0.4 is 31.3 Å². The number of carbonyl (C=O) groups excluding carboxylic acids is 8. The number of carbonyl (C=O) groups is 8. The second-order valence-electron chi connectivity index (χ2n) is 19.0. The van der Waals surface area contributed by atoms with Crippen LogP contribution in [0.25, 0.3) is 10.4 Å². The van der Waals surface area contributed by atoms with Crippen LogP contribution in [0, 0.1) is 12.3 Å². The first-order valence-corrected chi connectivity index (χ1v) is 24.7. The molecule has 3 fully saturated rings. The van der Waals surface area contributed by atoms with Gasteiger partial charge in [0.1, 0.15) is 37.1 Å². The molecule has 23 heteroatoms. The highest BCUT2D eigenvalue weighted by molar-refractivity contribution is 7.13. The van der Waals surface area contributed by atoms with E-state index in [1.54, 1.807) is 38.4 Å². The fourth-order valence-electron chi connectivity index (χ4n) is 8.50. The number of hydrogen-bond acceptors (Lipinski definition) is 16. The number of thiazole rings is 1. The molecule has 2 aromatic carbocycles. The van der Waals surface area contributed by atoms with Crippen molar-refractivity contribution in [3.63, 3.8) is 0 Å². The van der Waals surface area contributed by atoms with Gasteiger partial charge in [-0.2, -0.15) is 0 Å². The van der Waals surface area contributed by atoms with Crippen molar-refractivity contribution in [3.8, 4) is 16.2 Å². The van der Waals surface area contributed by atoms with Crippen LogP contribution in [0.5, 0.6) is 5.75 Å². The molecule has 6 N–H and O–H groups in total. The number of hydrogen-bond donors (Lipinski definition) is 6. The van der Waals surface area contributed by atoms with E-state index in [1.165, 1.54) is 22.3 Å². The molecule has 4 aliphatic rings. The SMILES string of the molecule is Cc1ncsc1-c1ccc(CNC(=O)C2CC(O)CN2C(=O)C(NC(=O)C2(F)CC2)C(C)(C)C)c(OCCOCCOCCOCC(=O)NCCNc2cccc3c2C(=O)N(C2CCC(=O)NC2=O)C3=O)c1. The number of piperidine rings is 1. The van der Waals surface area contributed by atoms with Crippen molar-refractivity contribution >= 4 is 64.3 Å². The van der Waals surface area contributed by atoms with Gasteiger partial charge < -0.3 is 50.2 Å². The van der Waals surface area contributed by atoms with Crippen LogP contribution in [0.2, 0.25) is 0 Å². The van der Waals surface area contributed by atoms with Crippen LogP contribution in [0.15, 0.2) is 41.9 Å². The molecule has 3 aromatic rings. The quantitative estimate of drug-likeness (QED) is 0.0552. The molecule has 72 heavy (non-hydrogen) atoms. The van der Waals surface area contributed by atoms with Crippen molar-refractivity contribution in [1.29, 1.82) is 0 Å². The Bertz CT molecular complexity index is 2550. The Morgan fingerprint density at radius 3 is 2.36 bits per heavy atom. The predicted molar refractivity (Wildman–Crippen MR) is 257 cm³/mol. The molecule has 0 radical (unpaired) electrons. The molecular formula is C49H61FN8O13S. The van der Waals surface area contributed by atoms with Gasteiger partial charge in [-0.15, -0.1) is 11.3 Å². The summed E-state index contributed by atoms with van der Waals surface area (Å²) >= 11 is 1.48. The van der Waals surface area contributed by atoms with E-state index in [2.05, 4.69) is 31.6 Å². The zero-order chi connectivity index (χ0) is 51.7. The molecule has 2 saturated heterocycles. The van der Waals surface area contributed by atoms with Gasteiger partial charge in [-0.25, -0.2) is 9.37 Å². The predicted octanol–water partition coefficient (Wildman–Crippen LogP) is 1.79. The number of aromatic nitrogens is 1. The Balaban J connectivity index is 0.794. The fraction of sp³-hybridized carbons (Fsp3) is 0.531. The van der Waals surface area contributed by atoms with E-state index < -0.39 is 76.7 Å². The normalized spacial score (nSPS) is 19.7. The molecule has 0 spiro atoms. The zero-order valence-electron chi connectivity index (χ0n) is 40.6. The Labute approximate surface area is 419 Å². The number of alkyl halides is 1. The van der Waals surface area contributed by atoms with Crippen molar-refractivity contribution in [2.45, 2.75) is 96.2 Å². The molecule has 1 aromatic heterocycles. The van der Waals surface area contributed by atoms with Crippen molar-refractivity contribution < 1.29 is 66.8 Å². The monoisotopic (exact) mass is 1020 g/mol. The summed E-state index contributed by atoms with van der Waals surface area (Å²) in [5, 5.41) is 24.0. The van der Waals surface area contributed by atoms with E-state index in [0.29, 0.717) is 17.0 Å². The molecular weight excluding hydrogens is 960 g/mol. The summed E-state index contributed by atoms with van der Waals surface area (Å²) in [7, 11) is 0. The number of nitrogens with zero attached hydrogens (tertiary/aromatic N) is 3. The first-order chi connectivity index (χ1) is 34.4. The Morgan fingerprint density at radius 2 is 1.68 bits per heavy atom. The number of anilines is 1. The van der Waals surface area contributed by atoms with Gasteiger partial charge in [-0.3, -0.25) is 48.6 Å². The van der Waals surface area contributed by atoms with Crippen LogP contribution in [0.4, 0.5) is 10.1 Å². The molecule has 4 unspecified atom stereocenters. The third-order valence-electron chi connectivity index (χ3n) is 12.6. The Hall–Kier alpha value is -6.40. The number of imide groups is 2. The summed E-state index contributed by atoms with van der Waals surface area (Å²) < 4.78 is 37.5. The van der Waals surface area contributed by atoms with Gasteiger partial charge in [0.2, 0.25) is 29.5 Å². The average Bonchev–Trinajstić information content (AvgIpc) is 3.61. The topological polar surface area (TPSA) is 273 Å². The number of fused-ring (bicyclic) bond motifs is 1. The van der Waals surface area contributed by atoms with E-state index in [-0.39, 0.29) is 122 Å². The number of amides is 8. The minimum absolute atomic E-state index is 0.0120. The number of aryl methyl sites for hydroxylation is 1. The highest BCUT2D eigenvalue weighted by Crippen LogP contribution is 2.41. The van der Waals surface area contributed by atoms with Crippen LogP contribution in [-0.2, 0) is 49.5 Å². The number of ether oxygens (including phenoxy) is 4. The van der Waals surface area contributed by atoms with E-state index in [9.17, 15) is 47.9 Å². The smallest absolute Gasteiger partial charge is 0.264 e. The summed E-state index contributed by atoms with van der Waals surface area (Å²) in [4.78, 5) is 110. The molecule has 0 bridgehead atoms.